The predicted molar refractivity (Wildman–Crippen MR) is 96.7 cm³/mol. The van der Waals surface area contributed by atoms with Crippen LogP contribution in [0.4, 0.5) is 16.6 Å². The Balaban J connectivity index is 1.55. The highest BCUT2D eigenvalue weighted by Gasteiger charge is 2.25. The molecular weight excluding hydrogens is 316 g/mol. The van der Waals surface area contributed by atoms with Gasteiger partial charge in [0, 0.05) is 6.20 Å². The van der Waals surface area contributed by atoms with E-state index in [-0.39, 0.29) is 12.1 Å². The fourth-order valence-corrected chi connectivity index (χ4v) is 2.92. The van der Waals surface area contributed by atoms with E-state index in [9.17, 15) is 4.79 Å². The average Bonchev–Trinajstić information content (AvgIpc) is 3.07. The molecule has 6 heteroatoms. The van der Waals surface area contributed by atoms with Gasteiger partial charge in [-0.15, -0.1) is 0 Å². The third kappa shape index (κ3) is 3.10. The summed E-state index contributed by atoms with van der Waals surface area (Å²) in [7, 11) is 0. The molecule has 0 unspecified atom stereocenters. The molecule has 2 aromatic carbocycles. The lowest BCUT2D eigenvalue weighted by atomic mass is 10.0. The summed E-state index contributed by atoms with van der Waals surface area (Å²) in [6.07, 6.45) is 1.27. The van der Waals surface area contributed by atoms with E-state index in [1.54, 1.807) is 12.3 Å². The average molecular weight is 334 g/mol. The van der Waals surface area contributed by atoms with Crippen molar-refractivity contribution < 1.29 is 9.53 Å². The molecule has 1 saturated heterocycles. The van der Waals surface area contributed by atoms with Crippen LogP contribution >= 0.6 is 0 Å². The van der Waals surface area contributed by atoms with Gasteiger partial charge in [-0.1, -0.05) is 36.4 Å². The van der Waals surface area contributed by atoms with Crippen molar-refractivity contribution in [3.8, 4) is 0 Å². The van der Waals surface area contributed by atoms with Gasteiger partial charge in [-0.05, 0) is 35.4 Å². The largest absolute Gasteiger partial charge is 0.447 e. The second kappa shape index (κ2) is 6.39. The SMILES string of the molecule is C[C@H](Nc1nccc(N2CCOC2=O)n1)c1ccc2ccccc2c1. The number of nitrogens with zero attached hydrogens (tertiary/aromatic N) is 3. The number of aromatic nitrogens is 2. The minimum atomic E-state index is -0.368. The smallest absolute Gasteiger partial charge is 0.415 e. The molecule has 1 aliphatic heterocycles. The zero-order chi connectivity index (χ0) is 17.2. The van der Waals surface area contributed by atoms with Crippen molar-refractivity contribution >= 4 is 28.6 Å². The summed E-state index contributed by atoms with van der Waals surface area (Å²) in [5.74, 6) is 1.03. The number of nitrogens with one attached hydrogen (secondary N) is 1. The molecule has 126 valence electrons. The lowest BCUT2D eigenvalue weighted by Crippen LogP contribution is -2.25. The molecule has 0 saturated carbocycles. The lowest BCUT2D eigenvalue weighted by molar-refractivity contribution is 0.181. The molecule has 3 aromatic rings. The van der Waals surface area contributed by atoms with Crippen LogP contribution < -0.4 is 10.2 Å². The van der Waals surface area contributed by atoms with E-state index in [2.05, 4.69) is 52.5 Å². The number of carbonyl (C=O) groups is 1. The number of benzene rings is 2. The highest BCUT2D eigenvalue weighted by molar-refractivity contribution is 5.88. The van der Waals surface area contributed by atoms with Crippen molar-refractivity contribution in [2.45, 2.75) is 13.0 Å². The van der Waals surface area contributed by atoms with Gasteiger partial charge >= 0.3 is 6.09 Å². The Bertz CT molecular complexity index is 928. The van der Waals surface area contributed by atoms with Gasteiger partial charge in [0.2, 0.25) is 5.95 Å². The minimum absolute atomic E-state index is 0.0328. The first kappa shape index (κ1) is 15.4. The Morgan fingerprint density at radius 2 is 2.00 bits per heavy atom. The van der Waals surface area contributed by atoms with Gasteiger partial charge in [0.1, 0.15) is 12.4 Å². The summed E-state index contributed by atoms with van der Waals surface area (Å²) in [5.41, 5.74) is 1.15. The van der Waals surface area contributed by atoms with Crippen LogP contribution in [0.1, 0.15) is 18.5 Å². The molecule has 1 aliphatic rings. The monoisotopic (exact) mass is 334 g/mol. The fourth-order valence-electron chi connectivity index (χ4n) is 2.92. The molecule has 4 rings (SSSR count). The molecular formula is C19H18N4O2. The first-order valence-electron chi connectivity index (χ1n) is 8.23. The first-order valence-corrected chi connectivity index (χ1v) is 8.23. The third-order valence-electron chi connectivity index (χ3n) is 4.30. The number of ether oxygens (including phenoxy) is 1. The summed E-state index contributed by atoms with van der Waals surface area (Å²) in [5, 5.41) is 5.71. The quantitative estimate of drug-likeness (QED) is 0.787. The molecule has 2 heterocycles. The predicted octanol–water partition coefficient (Wildman–Crippen LogP) is 3.76. The Morgan fingerprint density at radius 3 is 2.80 bits per heavy atom. The summed E-state index contributed by atoms with van der Waals surface area (Å²) >= 11 is 0. The lowest BCUT2D eigenvalue weighted by Gasteiger charge is -2.17. The molecule has 1 atom stereocenters. The number of carbonyl (C=O) groups excluding carboxylic acids is 1. The Hall–Kier alpha value is -3.15. The normalized spacial score (nSPS) is 15.2. The van der Waals surface area contributed by atoms with Crippen molar-refractivity contribution in [3.63, 3.8) is 0 Å². The fraction of sp³-hybridized carbons (Fsp3) is 0.211. The Labute approximate surface area is 145 Å². The first-order chi connectivity index (χ1) is 12.2. The van der Waals surface area contributed by atoms with Gasteiger partial charge in [-0.2, -0.15) is 4.98 Å². The minimum Gasteiger partial charge on any atom is -0.447 e. The second-order valence-corrected chi connectivity index (χ2v) is 5.98. The summed E-state index contributed by atoms with van der Waals surface area (Å²) in [4.78, 5) is 21.9. The number of rotatable bonds is 4. The van der Waals surface area contributed by atoms with Gasteiger partial charge in [0.15, 0.2) is 0 Å². The van der Waals surface area contributed by atoms with Gasteiger partial charge in [0.05, 0.1) is 12.6 Å². The molecule has 0 radical (unpaired) electrons. The van der Waals surface area contributed by atoms with Crippen LogP contribution in [0, 0.1) is 0 Å². The van der Waals surface area contributed by atoms with E-state index in [1.165, 1.54) is 15.7 Å². The zero-order valence-corrected chi connectivity index (χ0v) is 13.8. The van der Waals surface area contributed by atoms with E-state index in [0.29, 0.717) is 24.9 Å². The summed E-state index contributed by atoms with van der Waals surface area (Å²) in [6, 6.07) is 16.4. The van der Waals surface area contributed by atoms with Gasteiger partial charge in [-0.3, -0.25) is 4.90 Å². The highest BCUT2D eigenvalue weighted by atomic mass is 16.6. The topological polar surface area (TPSA) is 67.3 Å². The highest BCUT2D eigenvalue weighted by Crippen LogP contribution is 2.23. The maximum atomic E-state index is 11.7. The number of hydrogen-bond acceptors (Lipinski definition) is 5. The van der Waals surface area contributed by atoms with Crippen LogP contribution in [-0.4, -0.2) is 29.2 Å². The van der Waals surface area contributed by atoms with Gasteiger partial charge < -0.3 is 10.1 Å². The Kier molecular flexibility index (Phi) is 3.93. The van der Waals surface area contributed by atoms with Crippen LogP contribution in [-0.2, 0) is 4.74 Å². The van der Waals surface area contributed by atoms with E-state index in [0.717, 1.165) is 5.56 Å². The molecule has 1 aromatic heterocycles. The summed E-state index contributed by atoms with van der Waals surface area (Å²) in [6.45, 7) is 2.96. The number of anilines is 2. The summed E-state index contributed by atoms with van der Waals surface area (Å²) < 4.78 is 4.96. The molecule has 25 heavy (non-hydrogen) atoms. The van der Waals surface area contributed by atoms with Crippen LogP contribution in [0.5, 0.6) is 0 Å². The third-order valence-corrected chi connectivity index (χ3v) is 4.30. The van der Waals surface area contributed by atoms with Crippen LogP contribution in [0.25, 0.3) is 10.8 Å². The molecule has 0 bridgehead atoms. The van der Waals surface area contributed by atoms with Crippen molar-refractivity contribution in [2.24, 2.45) is 0 Å². The molecule has 1 amide bonds. The van der Waals surface area contributed by atoms with E-state index in [4.69, 9.17) is 4.74 Å². The van der Waals surface area contributed by atoms with Crippen molar-refractivity contribution in [2.75, 3.05) is 23.4 Å². The van der Waals surface area contributed by atoms with E-state index in [1.807, 2.05) is 12.1 Å². The molecule has 1 fully saturated rings. The van der Waals surface area contributed by atoms with E-state index < -0.39 is 0 Å². The number of amides is 1. The zero-order valence-electron chi connectivity index (χ0n) is 13.8. The van der Waals surface area contributed by atoms with Gasteiger partial charge in [0.25, 0.3) is 0 Å². The molecule has 0 spiro atoms. The number of fused-ring (bicyclic) bond motifs is 1. The van der Waals surface area contributed by atoms with Crippen LogP contribution in [0.15, 0.2) is 54.7 Å². The van der Waals surface area contributed by atoms with Crippen LogP contribution in [0.3, 0.4) is 0 Å². The second-order valence-electron chi connectivity index (χ2n) is 5.98. The maximum Gasteiger partial charge on any atom is 0.415 e. The van der Waals surface area contributed by atoms with Crippen molar-refractivity contribution in [1.82, 2.24) is 9.97 Å². The van der Waals surface area contributed by atoms with Gasteiger partial charge in [-0.25, -0.2) is 9.78 Å². The number of cyclic esters (lactones) is 1. The molecule has 1 N–H and O–H groups in total. The van der Waals surface area contributed by atoms with Crippen molar-refractivity contribution in [3.05, 3.63) is 60.3 Å². The Morgan fingerprint density at radius 1 is 1.16 bits per heavy atom. The molecule has 6 nitrogen and oxygen atoms in total. The van der Waals surface area contributed by atoms with Crippen LogP contribution in [0.2, 0.25) is 0 Å². The van der Waals surface area contributed by atoms with Crippen molar-refractivity contribution in [1.29, 1.82) is 0 Å². The maximum absolute atomic E-state index is 11.7. The number of hydrogen-bond donors (Lipinski definition) is 1. The standard InChI is InChI=1S/C19H18N4O2/c1-13(15-7-6-14-4-2-3-5-16(14)12-15)21-18-20-9-8-17(22-18)23-10-11-25-19(23)24/h2-9,12-13H,10-11H2,1H3,(H,20,21,22)/t13-/m0/s1. The molecule has 0 aliphatic carbocycles. The van der Waals surface area contributed by atoms with E-state index >= 15 is 0 Å².